The quantitative estimate of drug-likeness (QED) is 0.660. The molecule has 0 saturated heterocycles. The molecule has 0 amide bonds. The summed E-state index contributed by atoms with van der Waals surface area (Å²) in [6.07, 6.45) is 1.52. The fraction of sp³-hybridized carbons (Fsp3) is 0.364. The van der Waals surface area contributed by atoms with Gasteiger partial charge in [-0.05, 0) is 19.4 Å². The third-order valence-corrected chi connectivity index (χ3v) is 4.09. The van der Waals surface area contributed by atoms with Crippen molar-refractivity contribution in [3.05, 3.63) is 28.0 Å². The van der Waals surface area contributed by atoms with Crippen LogP contribution in [-0.2, 0) is 9.84 Å². The molecule has 1 aromatic heterocycles. The van der Waals surface area contributed by atoms with Gasteiger partial charge >= 0.3 is 0 Å². The van der Waals surface area contributed by atoms with Crippen LogP contribution >= 0.6 is 11.6 Å². The molecule has 0 unspecified atom stereocenters. The zero-order valence-electron chi connectivity index (χ0n) is 10.5. The largest absolute Gasteiger partial charge is 0.329 e. The van der Waals surface area contributed by atoms with Gasteiger partial charge in [-0.2, -0.15) is 5.26 Å². The molecule has 0 radical (unpaired) electrons. The van der Waals surface area contributed by atoms with Gasteiger partial charge in [0.05, 0.1) is 5.75 Å². The van der Waals surface area contributed by atoms with Crippen molar-refractivity contribution in [1.29, 1.82) is 5.26 Å². The van der Waals surface area contributed by atoms with Gasteiger partial charge in [-0.15, -0.1) is 0 Å². The minimum absolute atomic E-state index is 0.0799. The number of nitriles is 1. The predicted octanol–water partition coefficient (Wildman–Crippen LogP) is 2.04. The Morgan fingerprint density at radius 3 is 2.79 bits per heavy atom. The van der Waals surface area contributed by atoms with Gasteiger partial charge in [0.25, 0.3) is 0 Å². The summed E-state index contributed by atoms with van der Waals surface area (Å²) in [5.41, 5.74) is 0.630. The Morgan fingerprint density at radius 1 is 1.58 bits per heavy atom. The lowest BCUT2D eigenvalue weighted by Crippen LogP contribution is -2.09. The maximum absolute atomic E-state index is 11.7. The van der Waals surface area contributed by atoms with E-state index in [2.05, 4.69) is 15.3 Å². The van der Waals surface area contributed by atoms with E-state index in [0.29, 0.717) is 12.1 Å². The standard InChI is InChI=1S/C11H13ClN4O2S/c1-3-4-19(17,18)9(6-13)7-14-11-15-8(2)5-10(12)16-11/h5,7H,3-4H2,1-2H3,(H,14,15,16)/b9-7-. The number of anilines is 1. The van der Waals surface area contributed by atoms with Crippen LogP contribution in [0.1, 0.15) is 19.0 Å². The van der Waals surface area contributed by atoms with Crippen LogP contribution in [0.15, 0.2) is 17.2 Å². The Hall–Kier alpha value is -1.65. The zero-order chi connectivity index (χ0) is 14.5. The van der Waals surface area contributed by atoms with Crippen LogP contribution < -0.4 is 5.32 Å². The first kappa shape index (κ1) is 15.4. The number of aryl methyl sites for hydroxylation is 1. The summed E-state index contributed by atoms with van der Waals surface area (Å²) in [6.45, 7) is 3.45. The summed E-state index contributed by atoms with van der Waals surface area (Å²) in [5, 5.41) is 11.7. The summed E-state index contributed by atoms with van der Waals surface area (Å²) in [5.74, 6) is 0.0632. The SMILES string of the molecule is CCCS(=O)(=O)/C(C#N)=C\Nc1nc(C)cc(Cl)n1. The fourth-order valence-corrected chi connectivity index (χ4v) is 2.67. The molecular weight excluding hydrogens is 288 g/mol. The topological polar surface area (TPSA) is 95.7 Å². The number of nitrogens with one attached hydrogen (secondary N) is 1. The second-order valence-electron chi connectivity index (χ2n) is 3.74. The van der Waals surface area contributed by atoms with Crippen molar-refractivity contribution in [2.45, 2.75) is 20.3 Å². The lowest BCUT2D eigenvalue weighted by atomic mass is 10.5. The highest BCUT2D eigenvalue weighted by atomic mass is 35.5. The van der Waals surface area contributed by atoms with Gasteiger partial charge in [0.2, 0.25) is 5.95 Å². The van der Waals surface area contributed by atoms with Crippen LogP contribution in [-0.4, -0.2) is 24.1 Å². The van der Waals surface area contributed by atoms with Crippen molar-refractivity contribution in [1.82, 2.24) is 9.97 Å². The van der Waals surface area contributed by atoms with Crippen molar-refractivity contribution >= 4 is 27.4 Å². The van der Waals surface area contributed by atoms with E-state index in [1.165, 1.54) is 0 Å². The Morgan fingerprint density at radius 2 is 2.26 bits per heavy atom. The van der Waals surface area contributed by atoms with Gasteiger partial charge in [-0.1, -0.05) is 18.5 Å². The van der Waals surface area contributed by atoms with Crippen molar-refractivity contribution in [2.75, 3.05) is 11.1 Å². The number of aromatic nitrogens is 2. The molecule has 0 atom stereocenters. The van der Waals surface area contributed by atoms with Crippen molar-refractivity contribution in [3.63, 3.8) is 0 Å². The summed E-state index contributed by atoms with van der Waals surface area (Å²) < 4.78 is 23.4. The molecule has 0 aromatic carbocycles. The summed E-state index contributed by atoms with van der Waals surface area (Å²) in [7, 11) is -3.56. The number of sulfone groups is 1. The molecule has 102 valence electrons. The zero-order valence-corrected chi connectivity index (χ0v) is 12.1. The molecule has 0 aliphatic heterocycles. The number of hydrogen-bond donors (Lipinski definition) is 1. The normalized spacial score (nSPS) is 12.0. The first-order valence-electron chi connectivity index (χ1n) is 5.49. The Balaban J connectivity index is 2.99. The van der Waals surface area contributed by atoms with Crippen molar-refractivity contribution < 1.29 is 8.42 Å². The van der Waals surface area contributed by atoms with Crippen LogP contribution in [0.3, 0.4) is 0 Å². The summed E-state index contributed by atoms with van der Waals surface area (Å²) in [4.78, 5) is 7.52. The molecule has 0 aliphatic rings. The van der Waals surface area contributed by atoms with E-state index in [4.69, 9.17) is 16.9 Å². The molecule has 1 rings (SSSR count). The summed E-state index contributed by atoms with van der Waals surface area (Å²) >= 11 is 5.74. The molecule has 0 spiro atoms. The van der Waals surface area contributed by atoms with Crippen LogP contribution in [0.25, 0.3) is 0 Å². The minimum Gasteiger partial charge on any atom is -0.329 e. The highest BCUT2D eigenvalue weighted by molar-refractivity contribution is 7.95. The van der Waals surface area contributed by atoms with E-state index in [9.17, 15) is 8.42 Å². The average Bonchev–Trinajstić information content (AvgIpc) is 2.27. The lowest BCUT2D eigenvalue weighted by Gasteiger charge is -2.03. The molecule has 0 bridgehead atoms. The molecule has 19 heavy (non-hydrogen) atoms. The van der Waals surface area contributed by atoms with Crippen LogP contribution in [0, 0.1) is 18.3 Å². The maximum Gasteiger partial charge on any atom is 0.228 e. The van der Waals surface area contributed by atoms with Crippen molar-refractivity contribution in [2.24, 2.45) is 0 Å². The van der Waals surface area contributed by atoms with Crippen LogP contribution in [0.2, 0.25) is 5.15 Å². The molecule has 0 aliphatic carbocycles. The van der Waals surface area contributed by atoms with E-state index < -0.39 is 9.84 Å². The highest BCUT2D eigenvalue weighted by Crippen LogP contribution is 2.12. The molecule has 1 heterocycles. The molecule has 0 saturated carbocycles. The highest BCUT2D eigenvalue weighted by Gasteiger charge is 2.16. The monoisotopic (exact) mass is 300 g/mol. The molecular formula is C11H13ClN4O2S. The second-order valence-corrected chi connectivity index (χ2v) is 6.20. The van der Waals surface area contributed by atoms with E-state index in [0.717, 1.165) is 6.20 Å². The van der Waals surface area contributed by atoms with E-state index in [1.807, 2.05) is 0 Å². The average molecular weight is 301 g/mol. The molecule has 1 aromatic rings. The molecule has 1 N–H and O–H groups in total. The first-order valence-corrected chi connectivity index (χ1v) is 7.53. The number of rotatable bonds is 5. The minimum atomic E-state index is -3.56. The van der Waals surface area contributed by atoms with Crippen LogP contribution in [0.5, 0.6) is 0 Å². The number of allylic oxidation sites excluding steroid dienone is 1. The molecule has 0 fully saturated rings. The Kier molecular flexibility index (Phi) is 5.27. The van der Waals surface area contributed by atoms with E-state index in [-0.39, 0.29) is 21.8 Å². The van der Waals surface area contributed by atoms with E-state index >= 15 is 0 Å². The summed E-state index contributed by atoms with van der Waals surface area (Å²) in [6, 6.07) is 3.21. The third-order valence-electron chi connectivity index (χ3n) is 2.07. The lowest BCUT2D eigenvalue weighted by molar-refractivity contribution is 0.601. The van der Waals surface area contributed by atoms with E-state index in [1.54, 1.807) is 26.0 Å². The van der Waals surface area contributed by atoms with Crippen molar-refractivity contribution in [3.8, 4) is 6.07 Å². The van der Waals surface area contributed by atoms with Gasteiger partial charge < -0.3 is 5.32 Å². The van der Waals surface area contributed by atoms with Gasteiger partial charge in [0.1, 0.15) is 11.2 Å². The maximum atomic E-state index is 11.7. The van der Waals surface area contributed by atoms with Gasteiger partial charge in [0.15, 0.2) is 14.7 Å². The number of halogens is 1. The molecule has 6 nitrogen and oxygen atoms in total. The van der Waals surface area contributed by atoms with Gasteiger partial charge in [-0.3, -0.25) is 0 Å². The Bertz CT molecular complexity index is 614. The van der Waals surface area contributed by atoms with Gasteiger partial charge in [0, 0.05) is 11.9 Å². The first-order chi connectivity index (χ1) is 8.89. The fourth-order valence-electron chi connectivity index (χ4n) is 1.30. The van der Waals surface area contributed by atoms with Crippen LogP contribution in [0.4, 0.5) is 5.95 Å². The predicted molar refractivity (Wildman–Crippen MR) is 73.2 cm³/mol. The number of hydrogen-bond acceptors (Lipinski definition) is 6. The smallest absolute Gasteiger partial charge is 0.228 e. The third kappa shape index (κ3) is 4.50. The van der Waals surface area contributed by atoms with Gasteiger partial charge in [-0.25, -0.2) is 18.4 Å². The Labute approximate surface area is 117 Å². The number of nitrogens with zero attached hydrogens (tertiary/aromatic N) is 3. The molecule has 8 heteroatoms. The second kappa shape index (κ2) is 6.50.